The van der Waals surface area contributed by atoms with Crippen LogP contribution in [0.15, 0.2) is 36.5 Å². The first-order valence-electron chi connectivity index (χ1n) is 6.99. The van der Waals surface area contributed by atoms with Gasteiger partial charge in [-0.3, -0.25) is 4.79 Å². The summed E-state index contributed by atoms with van der Waals surface area (Å²) in [5.74, 6) is 0.122. The Morgan fingerprint density at radius 3 is 2.82 bits per heavy atom. The van der Waals surface area contributed by atoms with Gasteiger partial charge < -0.3 is 11.1 Å². The summed E-state index contributed by atoms with van der Waals surface area (Å²) >= 11 is 0. The van der Waals surface area contributed by atoms with Crippen LogP contribution in [-0.4, -0.2) is 27.7 Å². The van der Waals surface area contributed by atoms with Gasteiger partial charge in [0.05, 0.1) is 5.52 Å². The fourth-order valence-electron chi connectivity index (χ4n) is 2.47. The predicted molar refractivity (Wildman–Crippen MR) is 84.9 cm³/mol. The number of primary amides is 1. The van der Waals surface area contributed by atoms with Crippen LogP contribution < -0.4 is 11.1 Å². The van der Waals surface area contributed by atoms with Crippen molar-refractivity contribution in [2.75, 3.05) is 7.05 Å². The van der Waals surface area contributed by atoms with Crippen LogP contribution in [0.3, 0.4) is 0 Å². The maximum absolute atomic E-state index is 11.7. The Hall–Kier alpha value is -2.73. The van der Waals surface area contributed by atoms with E-state index >= 15 is 0 Å². The van der Waals surface area contributed by atoms with Gasteiger partial charge in [0.1, 0.15) is 0 Å². The van der Waals surface area contributed by atoms with Gasteiger partial charge in [-0.25, -0.2) is 9.67 Å². The van der Waals surface area contributed by atoms with E-state index in [1.54, 1.807) is 10.9 Å². The van der Waals surface area contributed by atoms with Crippen molar-refractivity contribution in [3.8, 4) is 5.82 Å². The van der Waals surface area contributed by atoms with Crippen LogP contribution in [0, 0.1) is 6.92 Å². The molecule has 0 unspecified atom stereocenters. The average molecular weight is 295 g/mol. The number of pyridine rings is 1. The summed E-state index contributed by atoms with van der Waals surface area (Å²) in [5.41, 5.74) is 8.68. The van der Waals surface area contributed by atoms with Crippen molar-refractivity contribution in [2.45, 2.75) is 13.5 Å². The van der Waals surface area contributed by atoms with Crippen molar-refractivity contribution >= 4 is 16.8 Å². The predicted octanol–water partition coefficient (Wildman–Crippen LogP) is 1.55. The second-order valence-corrected chi connectivity index (χ2v) is 5.20. The molecular weight excluding hydrogens is 278 g/mol. The SMILES string of the molecule is CNCc1ccc2c(c1)c(C(N)=O)nn2-c1cc(C)ccn1. The molecule has 6 nitrogen and oxygen atoms in total. The number of fused-ring (bicyclic) bond motifs is 1. The minimum absolute atomic E-state index is 0.260. The van der Waals surface area contributed by atoms with E-state index < -0.39 is 5.91 Å². The summed E-state index contributed by atoms with van der Waals surface area (Å²) in [6.07, 6.45) is 1.72. The van der Waals surface area contributed by atoms with E-state index in [0.717, 1.165) is 22.0 Å². The third-order valence-corrected chi connectivity index (χ3v) is 3.48. The maximum atomic E-state index is 11.7. The molecule has 0 aliphatic heterocycles. The lowest BCUT2D eigenvalue weighted by Crippen LogP contribution is -2.13. The van der Waals surface area contributed by atoms with Crippen LogP contribution in [0.4, 0.5) is 0 Å². The Labute approximate surface area is 128 Å². The molecule has 0 spiro atoms. The fourth-order valence-corrected chi connectivity index (χ4v) is 2.47. The van der Waals surface area contributed by atoms with E-state index in [4.69, 9.17) is 5.73 Å². The van der Waals surface area contributed by atoms with E-state index in [0.29, 0.717) is 12.4 Å². The van der Waals surface area contributed by atoms with Crippen LogP contribution in [0.5, 0.6) is 0 Å². The molecule has 0 saturated carbocycles. The zero-order valence-corrected chi connectivity index (χ0v) is 12.5. The maximum Gasteiger partial charge on any atom is 0.269 e. The lowest BCUT2D eigenvalue weighted by molar-refractivity contribution is 0.0996. The molecule has 0 bridgehead atoms. The normalized spacial score (nSPS) is 11.0. The summed E-state index contributed by atoms with van der Waals surface area (Å²) in [6, 6.07) is 9.70. The first-order valence-corrected chi connectivity index (χ1v) is 6.99. The summed E-state index contributed by atoms with van der Waals surface area (Å²) in [7, 11) is 1.87. The number of hydrogen-bond donors (Lipinski definition) is 2. The molecule has 1 amide bonds. The third kappa shape index (κ3) is 2.44. The van der Waals surface area contributed by atoms with Gasteiger partial charge in [0.15, 0.2) is 11.5 Å². The molecule has 0 saturated heterocycles. The minimum atomic E-state index is -0.544. The number of benzene rings is 1. The highest BCUT2D eigenvalue weighted by atomic mass is 16.1. The monoisotopic (exact) mass is 295 g/mol. The van der Waals surface area contributed by atoms with Gasteiger partial charge in [-0.2, -0.15) is 5.10 Å². The smallest absolute Gasteiger partial charge is 0.269 e. The average Bonchev–Trinajstić information content (AvgIpc) is 2.86. The van der Waals surface area contributed by atoms with Crippen molar-refractivity contribution in [1.82, 2.24) is 20.1 Å². The lowest BCUT2D eigenvalue weighted by Gasteiger charge is -2.04. The van der Waals surface area contributed by atoms with Crippen LogP contribution in [0.25, 0.3) is 16.7 Å². The number of amides is 1. The Morgan fingerprint density at radius 1 is 1.32 bits per heavy atom. The molecule has 0 radical (unpaired) electrons. The molecule has 3 aromatic rings. The molecule has 0 fully saturated rings. The van der Waals surface area contributed by atoms with Gasteiger partial charge in [0.25, 0.3) is 5.91 Å². The molecule has 2 aromatic heterocycles. The highest BCUT2D eigenvalue weighted by Gasteiger charge is 2.16. The molecule has 0 aliphatic carbocycles. The second kappa shape index (κ2) is 5.57. The number of hydrogen-bond acceptors (Lipinski definition) is 4. The number of aromatic nitrogens is 3. The number of carbonyl (C=O) groups excluding carboxylic acids is 1. The number of nitrogens with two attached hydrogens (primary N) is 1. The summed E-state index contributed by atoms with van der Waals surface area (Å²) in [4.78, 5) is 16.0. The van der Waals surface area contributed by atoms with Crippen LogP contribution in [-0.2, 0) is 6.54 Å². The molecule has 0 atom stereocenters. The van der Waals surface area contributed by atoms with Gasteiger partial charge in [0.2, 0.25) is 0 Å². The molecule has 3 rings (SSSR count). The molecule has 6 heteroatoms. The van der Waals surface area contributed by atoms with Crippen molar-refractivity contribution in [3.05, 3.63) is 53.3 Å². The van der Waals surface area contributed by atoms with Crippen LogP contribution in [0.1, 0.15) is 21.6 Å². The van der Waals surface area contributed by atoms with Gasteiger partial charge in [-0.15, -0.1) is 0 Å². The van der Waals surface area contributed by atoms with E-state index in [1.807, 2.05) is 44.3 Å². The topological polar surface area (TPSA) is 85.8 Å². The van der Waals surface area contributed by atoms with Crippen LogP contribution >= 0.6 is 0 Å². The Kier molecular flexibility index (Phi) is 3.60. The molecule has 112 valence electrons. The molecule has 1 aromatic carbocycles. The number of nitrogens with one attached hydrogen (secondary N) is 1. The van der Waals surface area contributed by atoms with E-state index in [9.17, 15) is 4.79 Å². The summed E-state index contributed by atoms with van der Waals surface area (Å²) in [6.45, 7) is 2.69. The van der Waals surface area contributed by atoms with Gasteiger partial charge in [-0.05, 0) is 49.4 Å². The number of rotatable bonds is 4. The van der Waals surface area contributed by atoms with Crippen molar-refractivity contribution in [3.63, 3.8) is 0 Å². The van der Waals surface area contributed by atoms with E-state index in [2.05, 4.69) is 15.4 Å². The Morgan fingerprint density at radius 2 is 2.14 bits per heavy atom. The standard InChI is InChI=1S/C16H17N5O/c1-10-5-6-19-14(7-10)21-13-4-3-11(9-18-2)8-12(13)15(20-21)16(17)22/h3-8,18H,9H2,1-2H3,(H2,17,22). The van der Waals surface area contributed by atoms with Gasteiger partial charge in [-0.1, -0.05) is 6.07 Å². The quantitative estimate of drug-likeness (QED) is 0.764. The summed E-state index contributed by atoms with van der Waals surface area (Å²) < 4.78 is 1.66. The molecule has 3 N–H and O–H groups in total. The van der Waals surface area contributed by atoms with Gasteiger partial charge >= 0.3 is 0 Å². The van der Waals surface area contributed by atoms with Crippen molar-refractivity contribution in [2.24, 2.45) is 5.73 Å². The number of aryl methyl sites for hydroxylation is 1. The zero-order valence-electron chi connectivity index (χ0n) is 12.5. The largest absolute Gasteiger partial charge is 0.364 e. The first-order chi connectivity index (χ1) is 10.6. The van der Waals surface area contributed by atoms with Gasteiger partial charge in [0, 0.05) is 18.1 Å². The highest BCUT2D eigenvalue weighted by Crippen LogP contribution is 2.23. The molecule has 22 heavy (non-hydrogen) atoms. The molecule has 2 heterocycles. The second-order valence-electron chi connectivity index (χ2n) is 5.20. The minimum Gasteiger partial charge on any atom is -0.364 e. The molecule has 0 aliphatic rings. The number of nitrogens with zero attached hydrogens (tertiary/aromatic N) is 3. The molecular formula is C16H17N5O. The van der Waals surface area contributed by atoms with E-state index in [1.165, 1.54) is 0 Å². The third-order valence-electron chi connectivity index (χ3n) is 3.48. The zero-order chi connectivity index (χ0) is 15.7. The summed E-state index contributed by atoms with van der Waals surface area (Å²) in [5, 5.41) is 8.19. The van der Waals surface area contributed by atoms with Crippen molar-refractivity contribution < 1.29 is 4.79 Å². The fraction of sp³-hybridized carbons (Fsp3) is 0.188. The highest BCUT2D eigenvalue weighted by molar-refractivity contribution is 6.04. The first kappa shape index (κ1) is 14.2. The Bertz CT molecular complexity index is 853. The number of carbonyl (C=O) groups is 1. The van der Waals surface area contributed by atoms with Crippen LogP contribution in [0.2, 0.25) is 0 Å². The lowest BCUT2D eigenvalue weighted by atomic mass is 10.1. The van der Waals surface area contributed by atoms with E-state index in [-0.39, 0.29) is 5.69 Å². The Balaban J connectivity index is 2.25. The van der Waals surface area contributed by atoms with Crippen molar-refractivity contribution in [1.29, 1.82) is 0 Å².